The van der Waals surface area contributed by atoms with Crippen LogP contribution >= 0.6 is 0 Å². The zero-order valence-corrected chi connectivity index (χ0v) is 12.4. The quantitative estimate of drug-likeness (QED) is 0.682. The number of amides is 1. The van der Waals surface area contributed by atoms with Crippen molar-refractivity contribution in [1.29, 1.82) is 0 Å². The normalized spacial score (nSPS) is 20.1. The monoisotopic (exact) mass is 270 g/mol. The predicted molar refractivity (Wildman–Crippen MR) is 73.8 cm³/mol. The number of piperidine rings is 1. The number of carbonyl (C=O) groups is 2. The van der Waals surface area contributed by atoms with E-state index in [2.05, 4.69) is 0 Å². The van der Waals surface area contributed by atoms with Crippen LogP contribution in [0.3, 0.4) is 0 Å². The van der Waals surface area contributed by atoms with Gasteiger partial charge in [-0.05, 0) is 40.2 Å². The molecule has 5 heteroatoms. The fraction of sp³-hybridized carbons (Fsp3) is 0.857. The molecule has 1 aliphatic rings. The molecule has 1 heterocycles. The summed E-state index contributed by atoms with van der Waals surface area (Å²) >= 11 is 0. The summed E-state index contributed by atoms with van der Waals surface area (Å²) in [4.78, 5) is 27.8. The molecule has 1 saturated heterocycles. The number of hydrogen-bond acceptors (Lipinski definition) is 4. The fourth-order valence-corrected chi connectivity index (χ4v) is 2.54. The summed E-state index contributed by atoms with van der Waals surface area (Å²) in [5.74, 6) is -0.0873. The molecule has 1 amide bonds. The molecule has 110 valence electrons. The maximum absolute atomic E-state index is 12.1. The Kier molecular flexibility index (Phi) is 6.84. The van der Waals surface area contributed by atoms with Gasteiger partial charge in [-0.15, -0.1) is 0 Å². The van der Waals surface area contributed by atoms with Crippen molar-refractivity contribution in [2.45, 2.75) is 46.1 Å². The number of nitrogens with zero attached hydrogens (tertiary/aromatic N) is 2. The lowest BCUT2D eigenvalue weighted by Gasteiger charge is -2.34. The van der Waals surface area contributed by atoms with Crippen LogP contribution in [0.2, 0.25) is 0 Å². The Hall–Kier alpha value is -1.10. The molecule has 19 heavy (non-hydrogen) atoms. The number of carbonyl (C=O) groups excluding carboxylic acids is 2. The zero-order chi connectivity index (χ0) is 14.3. The number of rotatable bonds is 6. The van der Waals surface area contributed by atoms with Gasteiger partial charge in [-0.1, -0.05) is 6.42 Å². The Balaban J connectivity index is 2.61. The first-order chi connectivity index (χ1) is 9.13. The van der Waals surface area contributed by atoms with Gasteiger partial charge in [0.15, 0.2) is 0 Å². The summed E-state index contributed by atoms with van der Waals surface area (Å²) in [6.45, 7) is 8.71. The molecule has 0 aliphatic carbocycles. The van der Waals surface area contributed by atoms with Gasteiger partial charge in [0.25, 0.3) is 0 Å². The minimum Gasteiger partial charge on any atom is -0.465 e. The van der Waals surface area contributed by atoms with E-state index in [-0.39, 0.29) is 17.9 Å². The minimum absolute atomic E-state index is 0.0983. The van der Waals surface area contributed by atoms with Gasteiger partial charge in [-0.25, -0.2) is 0 Å². The predicted octanol–water partition coefficient (Wildman–Crippen LogP) is 1.27. The molecule has 0 radical (unpaired) electrons. The molecule has 0 unspecified atom stereocenters. The number of esters is 1. The Morgan fingerprint density at radius 2 is 1.89 bits per heavy atom. The fourth-order valence-electron chi connectivity index (χ4n) is 2.54. The molecular formula is C14H26N2O3. The van der Waals surface area contributed by atoms with Crippen molar-refractivity contribution in [1.82, 2.24) is 9.80 Å². The van der Waals surface area contributed by atoms with Gasteiger partial charge in [0.1, 0.15) is 6.04 Å². The van der Waals surface area contributed by atoms with E-state index in [1.165, 1.54) is 0 Å². The maximum Gasteiger partial charge on any atom is 0.323 e. The van der Waals surface area contributed by atoms with Gasteiger partial charge in [-0.3, -0.25) is 14.5 Å². The molecule has 1 rings (SSSR count). The van der Waals surface area contributed by atoms with Gasteiger partial charge in [0.05, 0.1) is 13.2 Å². The van der Waals surface area contributed by atoms with Gasteiger partial charge in [0.2, 0.25) is 5.91 Å². The van der Waals surface area contributed by atoms with Crippen molar-refractivity contribution in [3.63, 3.8) is 0 Å². The summed E-state index contributed by atoms with van der Waals surface area (Å²) in [7, 11) is 0. The molecule has 5 nitrogen and oxygen atoms in total. The topological polar surface area (TPSA) is 49.9 Å². The Morgan fingerprint density at radius 3 is 2.47 bits per heavy atom. The van der Waals surface area contributed by atoms with Crippen molar-refractivity contribution in [2.75, 3.05) is 32.8 Å². The van der Waals surface area contributed by atoms with E-state index in [4.69, 9.17) is 4.74 Å². The second-order valence-corrected chi connectivity index (χ2v) is 4.80. The molecule has 0 N–H and O–H groups in total. The summed E-state index contributed by atoms with van der Waals surface area (Å²) < 4.78 is 5.10. The Morgan fingerprint density at radius 1 is 1.21 bits per heavy atom. The van der Waals surface area contributed by atoms with Crippen LogP contribution in [0, 0.1) is 0 Å². The molecule has 1 aliphatic heterocycles. The standard InChI is InChI=1S/C14H26N2O3/c1-4-15(5-2)13(17)11-16-10-8-7-9-12(16)14(18)19-6-3/h12H,4-11H2,1-3H3/t12-/m1/s1. The molecule has 0 aromatic rings. The number of likely N-dealkylation sites (tertiary alicyclic amines) is 1. The van der Waals surface area contributed by atoms with Crippen LogP contribution in [0.1, 0.15) is 40.0 Å². The Bertz CT molecular complexity index is 303. The van der Waals surface area contributed by atoms with E-state index in [0.29, 0.717) is 26.2 Å². The molecule has 1 atom stereocenters. The third-order valence-electron chi connectivity index (χ3n) is 3.63. The van der Waals surface area contributed by atoms with Crippen LogP contribution in [-0.4, -0.2) is 60.5 Å². The number of likely N-dealkylation sites (N-methyl/N-ethyl adjacent to an activating group) is 1. The van der Waals surface area contributed by atoms with Gasteiger partial charge < -0.3 is 9.64 Å². The minimum atomic E-state index is -0.242. The van der Waals surface area contributed by atoms with E-state index < -0.39 is 0 Å². The van der Waals surface area contributed by atoms with Gasteiger partial charge in [-0.2, -0.15) is 0 Å². The molecule has 1 fully saturated rings. The highest BCUT2D eigenvalue weighted by molar-refractivity contribution is 5.80. The first kappa shape index (κ1) is 16.0. The highest BCUT2D eigenvalue weighted by atomic mass is 16.5. The van der Waals surface area contributed by atoms with Crippen LogP contribution in [-0.2, 0) is 14.3 Å². The van der Waals surface area contributed by atoms with Crippen molar-refractivity contribution in [3.8, 4) is 0 Å². The number of ether oxygens (including phenoxy) is 1. The third kappa shape index (κ3) is 4.49. The average molecular weight is 270 g/mol. The van der Waals surface area contributed by atoms with E-state index in [1.54, 1.807) is 4.90 Å². The smallest absolute Gasteiger partial charge is 0.323 e. The average Bonchev–Trinajstić information content (AvgIpc) is 2.41. The molecule has 0 aromatic carbocycles. The second-order valence-electron chi connectivity index (χ2n) is 4.80. The molecular weight excluding hydrogens is 244 g/mol. The first-order valence-corrected chi connectivity index (χ1v) is 7.32. The highest BCUT2D eigenvalue weighted by Crippen LogP contribution is 2.18. The lowest BCUT2D eigenvalue weighted by Crippen LogP contribution is -2.50. The summed E-state index contributed by atoms with van der Waals surface area (Å²) in [5, 5.41) is 0. The maximum atomic E-state index is 12.1. The van der Waals surface area contributed by atoms with Crippen LogP contribution in [0.15, 0.2) is 0 Å². The van der Waals surface area contributed by atoms with Gasteiger partial charge >= 0.3 is 5.97 Å². The Labute approximate surface area is 115 Å². The lowest BCUT2D eigenvalue weighted by atomic mass is 10.0. The van der Waals surface area contributed by atoms with Crippen molar-refractivity contribution >= 4 is 11.9 Å². The molecule has 0 spiro atoms. The van der Waals surface area contributed by atoms with E-state index in [1.807, 2.05) is 25.7 Å². The van der Waals surface area contributed by atoms with E-state index in [9.17, 15) is 9.59 Å². The van der Waals surface area contributed by atoms with E-state index >= 15 is 0 Å². The first-order valence-electron chi connectivity index (χ1n) is 7.32. The van der Waals surface area contributed by atoms with Crippen LogP contribution < -0.4 is 0 Å². The van der Waals surface area contributed by atoms with Gasteiger partial charge in [0, 0.05) is 13.1 Å². The van der Waals surface area contributed by atoms with E-state index in [0.717, 1.165) is 25.8 Å². The molecule has 0 aromatic heterocycles. The lowest BCUT2D eigenvalue weighted by molar-refractivity contribution is -0.152. The zero-order valence-electron chi connectivity index (χ0n) is 12.4. The highest BCUT2D eigenvalue weighted by Gasteiger charge is 2.31. The van der Waals surface area contributed by atoms with Crippen LogP contribution in [0.5, 0.6) is 0 Å². The molecule has 0 saturated carbocycles. The third-order valence-corrected chi connectivity index (χ3v) is 3.63. The summed E-state index contributed by atoms with van der Waals surface area (Å²) in [6, 6.07) is -0.242. The summed E-state index contributed by atoms with van der Waals surface area (Å²) in [5.41, 5.74) is 0. The second kappa shape index (κ2) is 8.15. The molecule has 0 bridgehead atoms. The van der Waals surface area contributed by atoms with Crippen LogP contribution in [0.4, 0.5) is 0 Å². The summed E-state index contributed by atoms with van der Waals surface area (Å²) in [6.07, 6.45) is 2.87. The van der Waals surface area contributed by atoms with Crippen molar-refractivity contribution in [3.05, 3.63) is 0 Å². The number of hydrogen-bond donors (Lipinski definition) is 0. The van der Waals surface area contributed by atoms with Crippen LogP contribution in [0.25, 0.3) is 0 Å². The van der Waals surface area contributed by atoms with Crippen molar-refractivity contribution in [2.24, 2.45) is 0 Å². The largest absolute Gasteiger partial charge is 0.465 e. The SMILES string of the molecule is CCOC(=O)[C@H]1CCCCN1CC(=O)N(CC)CC. The van der Waals surface area contributed by atoms with Crippen molar-refractivity contribution < 1.29 is 14.3 Å².